The molecule has 1 heterocycles. The van der Waals surface area contributed by atoms with Gasteiger partial charge < -0.3 is 20.2 Å². The van der Waals surface area contributed by atoms with Crippen LogP contribution in [0.2, 0.25) is 0 Å². The molecule has 1 aromatic heterocycles. The molecule has 0 bridgehead atoms. The highest BCUT2D eigenvalue weighted by molar-refractivity contribution is 5.74. The summed E-state index contributed by atoms with van der Waals surface area (Å²) in [5.41, 5.74) is 0.714. The first-order chi connectivity index (χ1) is 9.11. The van der Waals surface area contributed by atoms with Crippen molar-refractivity contribution in [3.05, 3.63) is 23.2 Å². The minimum Gasteiger partial charge on any atom is -0.466 e. The third-order valence-electron chi connectivity index (χ3n) is 3.35. The smallest absolute Gasteiger partial charge is 0.315 e. The third kappa shape index (κ3) is 4.56. The van der Waals surface area contributed by atoms with Crippen molar-refractivity contribution >= 4 is 6.03 Å². The Bertz CT molecular complexity index is 460. The van der Waals surface area contributed by atoms with Crippen LogP contribution in [0.4, 0.5) is 4.79 Å². The summed E-state index contributed by atoms with van der Waals surface area (Å²) in [4.78, 5) is 11.8. The fraction of sp³-hybridized carbons (Fsp3) is 0.667. The molecule has 2 unspecified atom stereocenters. The van der Waals surface area contributed by atoms with Gasteiger partial charge in [-0.05, 0) is 32.3 Å². The van der Waals surface area contributed by atoms with Gasteiger partial charge >= 0.3 is 6.03 Å². The number of aryl methyl sites for hydroxylation is 2. The van der Waals surface area contributed by atoms with Crippen molar-refractivity contribution in [3.63, 3.8) is 0 Å². The normalized spacial score (nSPS) is 14.8. The molecule has 0 spiro atoms. The Balaban J connectivity index is 2.49. The first-order valence-corrected chi connectivity index (χ1v) is 6.90. The number of furan rings is 1. The van der Waals surface area contributed by atoms with Crippen LogP contribution in [0.5, 0.6) is 0 Å². The van der Waals surface area contributed by atoms with Crippen molar-refractivity contribution in [3.8, 4) is 0 Å². The number of carbonyl (C=O) groups excluding carboxylic acids is 1. The summed E-state index contributed by atoms with van der Waals surface area (Å²) in [6, 6.07) is 1.49. The maximum atomic E-state index is 11.8. The molecule has 1 rings (SSSR count). The van der Waals surface area contributed by atoms with E-state index in [0.717, 1.165) is 17.1 Å². The first-order valence-electron chi connectivity index (χ1n) is 6.90. The van der Waals surface area contributed by atoms with E-state index in [1.54, 1.807) is 0 Å². The average Bonchev–Trinajstić information content (AvgIpc) is 2.64. The molecule has 2 atom stereocenters. The summed E-state index contributed by atoms with van der Waals surface area (Å²) >= 11 is 0. The van der Waals surface area contributed by atoms with E-state index < -0.39 is 6.10 Å². The lowest BCUT2D eigenvalue weighted by Crippen LogP contribution is -2.44. The number of aliphatic hydroxyl groups excluding tert-OH is 1. The minimum atomic E-state index is -0.582. The molecule has 0 saturated heterocycles. The molecule has 1 aromatic rings. The topological polar surface area (TPSA) is 74.5 Å². The molecular weight excluding hydrogens is 256 g/mol. The maximum Gasteiger partial charge on any atom is 0.315 e. The van der Waals surface area contributed by atoms with Crippen molar-refractivity contribution < 1.29 is 14.3 Å². The zero-order chi connectivity index (χ0) is 15.5. The number of carbonyl (C=O) groups is 1. The number of hydrogen-bond acceptors (Lipinski definition) is 3. The third-order valence-corrected chi connectivity index (χ3v) is 3.35. The molecule has 0 radical (unpaired) electrons. The average molecular weight is 282 g/mol. The summed E-state index contributed by atoms with van der Waals surface area (Å²) < 4.78 is 5.45. The zero-order valence-electron chi connectivity index (χ0n) is 13.2. The van der Waals surface area contributed by atoms with Gasteiger partial charge in [0.25, 0.3) is 0 Å². The Morgan fingerprint density at radius 3 is 2.45 bits per heavy atom. The van der Waals surface area contributed by atoms with Gasteiger partial charge in [-0.3, -0.25) is 0 Å². The van der Waals surface area contributed by atoms with Gasteiger partial charge in [0, 0.05) is 12.1 Å². The highest BCUT2D eigenvalue weighted by Crippen LogP contribution is 2.21. The number of aliphatic hydroxyl groups is 1. The summed E-state index contributed by atoms with van der Waals surface area (Å²) in [6.45, 7) is 11.7. The second-order valence-corrected chi connectivity index (χ2v) is 6.33. The summed E-state index contributed by atoms with van der Waals surface area (Å²) in [5, 5.41) is 15.4. The van der Waals surface area contributed by atoms with E-state index >= 15 is 0 Å². The second-order valence-electron chi connectivity index (χ2n) is 6.33. The number of amides is 2. The summed E-state index contributed by atoms with van der Waals surface area (Å²) in [7, 11) is 0. The molecule has 5 heteroatoms. The molecule has 0 fully saturated rings. The Morgan fingerprint density at radius 1 is 1.40 bits per heavy atom. The predicted octanol–water partition coefficient (Wildman–Crippen LogP) is 2.66. The van der Waals surface area contributed by atoms with Crippen molar-refractivity contribution in [1.82, 2.24) is 10.6 Å². The minimum absolute atomic E-state index is 0.140. The van der Waals surface area contributed by atoms with Crippen LogP contribution in [0.25, 0.3) is 0 Å². The summed E-state index contributed by atoms with van der Waals surface area (Å²) in [5.74, 6) is 1.64. The van der Waals surface area contributed by atoms with Gasteiger partial charge in [0.15, 0.2) is 0 Å². The Labute approximate surface area is 120 Å². The van der Waals surface area contributed by atoms with Gasteiger partial charge in [-0.25, -0.2) is 4.79 Å². The zero-order valence-corrected chi connectivity index (χ0v) is 13.2. The van der Waals surface area contributed by atoms with Crippen LogP contribution in [0.15, 0.2) is 10.5 Å². The van der Waals surface area contributed by atoms with E-state index in [2.05, 4.69) is 10.6 Å². The largest absolute Gasteiger partial charge is 0.466 e. The molecule has 0 saturated carbocycles. The lowest BCUT2D eigenvalue weighted by molar-refractivity contribution is 0.0649. The van der Waals surface area contributed by atoms with Crippen molar-refractivity contribution in [1.29, 1.82) is 0 Å². The van der Waals surface area contributed by atoms with E-state index in [4.69, 9.17) is 4.42 Å². The Hall–Kier alpha value is -1.49. The molecule has 3 N–H and O–H groups in total. The van der Waals surface area contributed by atoms with Gasteiger partial charge in [0.1, 0.15) is 11.5 Å². The lowest BCUT2D eigenvalue weighted by atomic mass is 9.89. The van der Waals surface area contributed by atoms with Crippen molar-refractivity contribution in [2.75, 3.05) is 6.54 Å². The standard InChI is InChI=1S/C15H26N2O3/c1-9-7-12(11(3)20-9)10(2)17-14(19)16-8-13(18)15(4,5)6/h7,10,13,18H,8H2,1-6H3,(H2,16,17,19). The van der Waals surface area contributed by atoms with E-state index in [0.29, 0.717) is 0 Å². The lowest BCUT2D eigenvalue weighted by Gasteiger charge is -2.26. The highest BCUT2D eigenvalue weighted by atomic mass is 16.3. The quantitative estimate of drug-likeness (QED) is 0.794. The van der Waals surface area contributed by atoms with Crippen LogP contribution in [-0.4, -0.2) is 23.8 Å². The molecule has 114 valence electrons. The molecule has 2 amide bonds. The van der Waals surface area contributed by atoms with Gasteiger partial charge in [-0.1, -0.05) is 20.8 Å². The molecule has 5 nitrogen and oxygen atoms in total. The number of nitrogens with one attached hydrogen (secondary N) is 2. The second kappa shape index (κ2) is 6.31. The van der Waals surface area contributed by atoms with Gasteiger partial charge in [0.2, 0.25) is 0 Å². The van der Waals surface area contributed by atoms with Gasteiger partial charge in [-0.15, -0.1) is 0 Å². The van der Waals surface area contributed by atoms with Crippen LogP contribution in [0, 0.1) is 19.3 Å². The SMILES string of the molecule is Cc1cc(C(C)NC(=O)NCC(O)C(C)(C)C)c(C)o1. The number of urea groups is 1. The fourth-order valence-corrected chi connectivity index (χ4v) is 1.90. The highest BCUT2D eigenvalue weighted by Gasteiger charge is 2.23. The maximum absolute atomic E-state index is 11.8. The Kier molecular flexibility index (Phi) is 5.22. The predicted molar refractivity (Wildman–Crippen MR) is 78.6 cm³/mol. The van der Waals surface area contributed by atoms with E-state index in [1.165, 1.54) is 0 Å². The van der Waals surface area contributed by atoms with Gasteiger partial charge in [-0.2, -0.15) is 0 Å². The molecule has 0 aliphatic carbocycles. The van der Waals surface area contributed by atoms with Crippen LogP contribution in [0.1, 0.15) is 50.8 Å². The number of hydrogen-bond donors (Lipinski definition) is 3. The molecule has 20 heavy (non-hydrogen) atoms. The molecule has 0 aromatic carbocycles. The molecule has 0 aliphatic heterocycles. The van der Waals surface area contributed by atoms with Crippen molar-refractivity contribution in [2.24, 2.45) is 5.41 Å². The van der Waals surface area contributed by atoms with Crippen LogP contribution < -0.4 is 10.6 Å². The van der Waals surface area contributed by atoms with E-state index in [9.17, 15) is 9.90 Å². The van der Waals surface area contributed by atoms with Crippen LogP contribution in [0.3, 0.4) is 0 Å². The molecular formula is C15H26N2O3. The first kappa shape index (κ1) is 16.6. The molecule has 0 aliphatic rings. The van der Waals surface area contributed by atoms with Gasteiger partial charge in [0.05, 0.1) is 12.1 Å². The van der Waals surface area contributed by atoms with Crippen LogP contribution in [-0.2, 0) is 0 Å². The van der Waals surface area contributed by atoms with Crippen molar-refractivity contribution in [2.45, 2.75) is 53.7 Å². The van der Waals surface area contributed by atoms with E-state index in [-0.39, 0.29) is 24.0 Å². The van der Waals surface area contributed by atoms with E-state index in [1.807, 2.05) is 47.6 Å². The fourth-order valence-electron chi connectivity index (χ4n) is 1.90. The number of rotatable bonds is 4. The monoisotopic (exact) mass is 282 g/mol. The Morgan fingerprint density at radius 2 is 2.00 bits per heavy atom. The summed E-state index contributed by atoms with van der Waals surface area (Å²) in [6.07, 6.45) is -0.582. The van der Waals surface area contributed by atoms with Crippen LogP contribution >= 0.6 is 0 Å².